The SMILES string of the molecule is CC(=O)c1cc(F)ccc1N1CCCc2cc(C)ccc21. The van der Waals surface area contributed by atoms with Crippen LogP contribution in [-0.4, -0.2) is 12.3 Å². The number of carbonyl (C=O) groups excluding carboxylic acids is 1. The maximum absolute atomic E-state index is 13.5. The summed E-state index contributed by atoms with van der Waals surface area (Å²) in [4.78, 5) is 14.0. The molecule has 1 heterocycles. The maximum atomic E-state index is 13.5. The molecule has 2 aromatic carbocycles. The third-order valence-corrected chi connectivity index (χ3v) is 3.98. The predicted molar refractivity (Wildman–Crippen MR) is 82.9 cm³/mol. The topological polar surface area (TPSA) is 20.3 Å². The van der Waals surface area contributed by atoms with E-state index in [1.807, 2.05) is 0 Å². The summed E-state index contributed by atoms with van der Waals surface area (Å²) in [7, 11) is 0. The molecular formula is C18H18FNO. The Morgan fingerprint density at radius 1 is 1.14 bits per heavy atom. The van der Waals surface area contributed by atoms with Crippen molar-refractivity contribution in [3.63, 3.8) is 0 Å². The monoisotopic (exact) mass is 283 g/mol. The predicted octanol–water partition coefficient (Wildman–Crippen LogP) is 4.42. The third kappa shape index (κ3) is 2.56. The van der Waals surface area contributed by atoms with Crippen molar-refractivity contribution in [1.82, 2.24) is 0 Å². The van der Waals surface area contributed by atoms with Gasteiger partial charge in [0.25, 0.3) is 0 Å². The number of hydrogen-bond donors (Lipinski definition) is 0. The summed E-state index contributed by atoms with van der Waals surface area (Å²) in [6.45, 7) is 4.42. The number of hydrogen-bond acceptors (Lipinski definition) is 2. The lowest BCUT2D eigenvalue weighted by Crippen LogP contribution is -2.26. The summed E-state index contributed by atoms with van der Waals surface area (Å²) in [5.41, 5.74) is 4.90. The van der Waals surface area contributed by atoms with E-state index in [0.29, 0.717) is 5.56 Å². The number of carbonyl (C=O) groups is 1. The molecule has 1 aliphatic rings. The molecule has 0 saturated carbocycles. The third-order valence-electron chi connectivity index (χ3n) is 3.98. The van der Waals surface area contributed by atoms with Crippen molar-refractivity contribution >= 4 is 17.2 Å². The minimum absolute atomic E-state index is 0.108. The molecule has 0 aromatic heterocycles. The average Bonchev–Trinajstić information content (AvgIpc) is 2.46. The number of Topliss-reactive ketones (excluding diaryl/α,β-unsaturated/α-hetero) is 1. The van der Waals surface area contributed by atoms with Gasteiger partial charge in [0.15, 0.2) is 5.78 Å². The largest absolute Gasteiger partial charge is 0.341 e. The lowest BCUT2D eigenvalue weighted by Gasteiger charge is -2.32. The van der Waals surface area contributed by atoms with Gasteiger partial charge in [-0.2, -0.15) is 0 Å². The second-order valence-corrected chi connectivity index (χ2v) is 5.61. The quantitative estimate of drug-likeness (QED) is 0.760. The Hall–Kier alpha value is -2.16. The molecule has 1 aliphatic heterocycles. The van der Waals surface area contributed by atoms with Gasteiger partial charge in [0.1, 0.15) is 5.82 Å². The molecule has 0 fully saturated rings. The summed E-state index contributed by atoms with van der Waals surface area (Å²) in [5, 5.41) is 0. The van der Waals surface area contributed by atoms with Gasteiger partial charge >= 0.3 is 0 Å². The fourth-order valence-electron chi connectivity index (χ4n) is 3.00. The Bertz CT molecular complexity index is 708. The lowest BCUT2D eigenvalue weighted by molar-refractivity contribution is 0.101. The highest BCUT2D eigenvalue weighted by atomic mass is 19.1. The van der Waals surface area contributed by atoms with Crippen LogP contribution < -0.4 is 4.90 Å². The first kappa shape index (κ1) is 13.8. The van der Waals surface area contributed by atoms with Crippen molar-refractivity contribution in [2.24, 2.45) is 0 Å². The highest BCUT2D eigenvalue weighted by Gasteiger charge is 2.22. The number of fused-ring (bicyclic) bond motifs is 1. The summed E-state index contributed by atoms with van der Waals surface area (Å²) >= 11 is 0. The Labute approximate surface area is 124 Å². The molecule has 0 unspecified atom stereocenters. The van der Waals surface area contributed by atoms with Crippen LogP contribution in [0.5, 0.6) is 0 Å². The summed E-state index contributed by atoms with van der Waals surface area (Å²) in [6.07, 6.45) is 2.08. The molecule has 0 N–H and O–H groups in total. The van der Waals surface area contributed by atoms with Gasteiger partial charge in [0.2, 0.25) is 0 Å². The maximum Gasteiger partial charge on any atom is 0.162 e. The van der Waals surface area contributed by atoms with Crippen LogP contribution in [0, 0.1) is 12.7 Å². The van der Waals surface area contributed by atoms with Crippen LogP contribution in [0.3, 0.4) is 0 Å². The normalized spacial score (nSPS) is 14.0. The van der Waals surface area contributed by atoms with Crippen LogP contribution in [0.2, 0.25) is 0 Å². The molecule has 0 radical (unpaired) electrons. The molecule has 2 aromatic rings. The van der Waals surface area contributed by atoms with Crippen LogP contribution >= 0.6 is 0 Å². The number of aryl methyl sites for hydroxylation is 2. The molecule has 0 aliphatic carbocycles. The summed E-state index contributed by atoms with van der Waals surface area (Å²) in [5.74, 6) is -0.478. The van der Waals surface area contributed by atoms with Crippen molar-refractivity contribution < 1.29 is 9.18 Å². The van der Waals surface area contributed by atoms with Crippen molar-refractivity contribution in [1.29, 1.82) is 0 Å². The van der Waals surface area contributed by atoms with Crippen molar-refractivity contribution in [2.75, 3.05) is 11.4 Å². The van der Waals surface area contributed by atoms with Gasteiger partial charge in [-0.25, -0.2) is 4.39 Å². The molecular weight excluding hydrogens is 265 g/mol. The van der Waals surface area contributed by atoms with E-state index in [1.165, 1.54) is 30.2 Å². The Kier molecular flexibility index (Phi) is 3.50. The molecule has 0 saturated heterocycles. The van der Waals surface area contributed by atoms with Gasteiger partial charge in [0.05, 0.1) is 5.69 Å². The lowest BCUT2D eigenvalue weighted by atomic mass is 9.97. The summed E-state index contributed by atoms with van der Waals surface area (Å²) < 4.78 is 13.5. The van der Waals surface area contributed by atoms with Crippen LogP contribution in [0.25, 0.3) is 0 Å². The number of halogens is 1. The van der Waals surface area contributed by atoms with Gasteiger partial charge in [-0.1, -0.05) is 17.7 Å². The standard InChI is InChI=1S/C18H18FNO/c1-12-5-7-17-14(10-12)4-3-9-20(17)18-8-6-15(19)11-16(18)13(2)21/h5-8,10-11H,3-4,9H2,1-2H3. The van der Waals surface area contributed by atoms with E-state index in [-0.39, 0.29) is 11.6 Å². The Balaban J connectivity index is 2.13. The van der Waals surface area contributed by atoms with E-state index in [9.17, 15) is 9.18 Å². The van der Waals surface area contributed by atoms with E-state index in [1.54, 1.807) is 6.07 Å². The van der Waals surface area contributed by atoms with Crippen LogP contribution in [-0.2, 0) is 6.42 Å². The number of anilines is 2. The fraction of sp³-hybridized carbons (Fsp3) is 0.278. The van der Waals surface area contributed by atoms with E-state index in [0.717, 1.165) is 30.8 Å². The van der Waals surface area contributed by atoms with Gasteiger partial charge in [0, 0.05) is 17.8 Å². The first-order valence-corrected chi connectivity index (χ1v) is 7.24. The Morgan fingerprint density at radius 3 is 2.67 bits per heavy atom. The average molecular weight is 283 g/mol. The molecule has 0 bridgehead atoms. The summed E-state index contributed by atoms with van der Waals surface area (Å²) in [6, 6.07) is 10.8. The molecule has 0 amide bonds. The molecule has 0 spiro atoms. The van der Waals surface area contributed by atoms with Gasteiger partial charge in [-0.05, 0) is 56.5 Å². The number of ketones is 1. The minimum atomic E-state index is -0.370. The minimum Gasteiger partial charge on any atom is -0.341 e. The zero-order chi connectivity index (χ0) is 15.0. The van der Waals surface area contributed by atoms with Crippen molar-refractivity contribution in [3.05, 3.63) is 58.9 Å². The van der Waals surface area contributed by atoms with E-state index in [4.69, 9.17) is 0 Å². The highest BCUT2D eigenvalue weighted by Crippen LogP contribution is 2.36. The zero-order valence-corrected chi connectivity index (χ0v) is 12.3. The van der Waals surface area contributed by atoms with E-state index in [2.05, 4.69) is 30.0 Å². The molecule has 108 valence electrons. The molecule has 3 heteroatoms. The second-order valence-electron chi connectivity index (χ2n) is 5.61. The second kappa shape index (κ2) is 5.32. The molecule has 2 nitrogen and oxygen atoms in total. The molecule has 3 rings (SSSR count). The molecule has 0 atom stereocenters. The van der Waals surface area contributed by atoms with E-state index >= 15 is 0 Å². The van der Waals surface area contributed by atoms with E-state index < -0.39 is 0 Å². The zero-order valence-electron chi connectivity index (χ0n) is 12.3. The fourth-order valence-corrected chi connectivity index (χ4v) is 3.00. The van der Waals surface area contributed by atoms with Crippen molar-refractivity contribution in [3.8, 4) is 0 Å². The number of benzene rings is 2. The first-order valence-electron chi connectivity index (χ1n) is 7.24. The van der Waals surface area contributed by atoms with Crippen molar-refractivity contribution in [2.45, 2.75) is 26.7 Å². The Morgan fingerprint density at radius 2 is 1.90 bits per heavy atom. The molecule has 21 heavy (non-hydrogen) atoms. The number of nitrogens with zero attached hydrogens (tertiary/aromatic N) is 1. The van der Waals surface area contributed by atoms with Gasteiger partial charge in [-0.3, -0.25) is 4.79 Å². The number of rotatable bonds is 2. The van der Waals surface area contributed by atoms with Gasteiger partial charge in [-0.15, -0.1) is 0 Å². The smallest absolute Gasteiger partial charge is 0.162 e. The van der Waals surface area contributed by atoms with Crippen LogP contribution in [0.15, 0.2) is 36.4 Å². The van der Waals surface area contributed by atoms with Crippen LogP contribution in [0.1, 0.15) is 34.8 Å². The van der Waals surface area contributed by atoms with Gasteiger partial charge < -0.3 is 4.90 Å². The first-order chi connectivity index (χ1) is 10.1. The highest BCUT2D eigenvalue weighted by molar-refractivity contribution is 6.00. The van der Waals surface area contributed by atoms with Crippen LogP contribution in [0.4, 0.5) is 15.8 Å².